The van der Waals surface area contributed by atoms with Gasteiger partial charge in [0.15, 0.2) is 0 Å². The maximum absolute atomic E-state index is 5.00. The largest absolute Gasteiger partial charge is 0.385 e. The molecule has 0 amide bonds. The van der Waals surface area contributed by atoms with Crippen molar-refractivity contribution in [2.45, 2.75) is 33.2 Å². The molecule has 0 aliphatic rings. The van der Waals surface area contributed by atoms with E-state index >= 15 is 0 Å². The second-order valence-electron chi connectivity index (χ2n) is 4.63. The van der Waals surface area contributed by atoms with Gasteiger partial charge in [-0.1, -0.05) is 13.8 Å². The number of methoxy groups -OCH3 is 1. The first kappa shape index (κ1) is 14.1. The van der Waals surface area contributed by atoms with Crippen molar-refractivity contribution in [3.63, 3.8) is 0 Å². The lowest BCUT2D eigenvalue weighted by Crippen LogP contribution is -2.19. The number of aromatic nitrogens is 2. The fraction of sp³-hybridized carbons (Fsp3) is 0.692. The molecule has 1 heterocycles. The van der Waals surface area contributed by atoms with Crippen LogP contribution in [-0.4, -0.2) is 30.2 Å². The first-order valence-electron chi connectivity index (χ1n) is 6.22. The van der Waals surface area contributed by atoms with Crippen LogP contribution in [0.5, 0.6) is 0 Å². The fourth-order valence-electron chi connectivity index (χ4n) is 1.48. The highest BCUT2D eigenvalue weighted by molar-refractivity contribution is 5.04. The summed E-state index contributed by atoms with van der Waals surface area (Å²) in [6, 6.07) is 0. The molecule has 4 heteroatoms. The Labute approximate surface area is 104 Å². The van der Waals surface area contributed by atoms with E-state index in [1.54, 1.807) is 7.11 Å². The Morgan fingerprint density at radius 1 is 1.29 bits per heavy atom. The van der Waals surface area contributed by atoms with Gasteiger partial charge in [-0.25, -0.2) is 9.97 Å². The van der Waals surface area contributed by atoms with Gasteiger partial charge in [-0.2, -0.15) is 0 Å². The number of ether oxygens (including phenoxy) is 1. The van der Waals surface area contributed by atoms with Crippen LogP contribution < -0.4 is 5.32 Å². The van der Waals surface area contributed by atoms with Crippen LogP contribution in [-0.2, 0) is 17.7 Å². The van der Waals surface area contributed by atoms with Gasteiger partial charge in [0.25, 0.3) is 0 Å². The van der Waals surface area contributed by atoms with E-state index in [-0.39, 0.29) is 0 Å². The molecular weight excluding hydrogens is 214 g/mol. The number of hydrogen-bond acceptors (Lipinski definition) is 4. The van der Waals surface area contributed by atoms with Gasteiger partial charge in [-0.3, -0.25) is 0 Å². The third kappa shape index (κ3) is 6.34. The van der Waals surface area contributed by atoms with Crippen LogP contribution in [0, 0.1) is 5.92 Å². The Kier molecular flexibility index (Phi) is 6.74. The summed E-state index contributed by atoms with van der Waals surface area (Å²) in [5, 5.41) is 3.37. The molecular formula is C13H23N3O. The van der Waals surface area contributed by atoms with Gasteiger partial charge in [-0.15, -0.1) is 0 Å². The average molecular weight is 237 g/mol. The van der Waals surface area contributed by atoms with Crippen LogP contribution in [0.15, 0.2) is 12.4 Å². The Balaban J connectivity index is 2.29. The van der Waals surface area contributed by atoms with Gasteiger partial charge < -0.3 is 10.1 Å². The van der Waals surface area contributed by atoms with Crippen molar-refractivity contribution in [2.24, 2.45) is 5.92 Å². The normalized spacial score (nSPS) is 11.1. The maximum Gasteiger partial charge on any atom is 0.128 e. The van der Waals surface area contributed by atoms with Crippen LogP contribution in [0.2, 0.25) is 0 Å². The van der Waals surface area contributed by atoms with Crippen molar-refractivity contribution in [3.05, 3.63) is 23.8 Å². The maximum atomic E-state index is 5.00. The highest BCUT2D eigenvalue weighted by Gasteiger charge is 1.99. The number of nitrogens with one attached hydrogen (secondary N) is 1. The Hall–Kier alpha value is -1.00. The summed E-state index contributed by atoms with van der Waals surface area (Å²) < 4.78 is 5.00. The second-order valence-corrected chi connectivity index (χ2v) is 4.63. The summed E-state index contributed by atoms with van der Waals surface area (Å²) in [4.78, 5) is 8.68. The second kappa shape index (κ2) is 8.14. The molecule has 1 rings (SSSR count). The van der Waals surface area contributed by atoms with E-state index in [0.717, 1.165) is 43.9 Å². The predicted molar refractivity (Wildman–Crippen MR) is 68.8 cm³/mol. The zero-order valence-electron chi connectivity index (χ0n) is 11.1. The zero-order valence-corrected chi connectivity index (χ0v) is 11.1. The highest BCUT2D eigenvalue weighted by atomic mass is 16.5. The molecule has 0 radical (unpaired) electrons. The summed E-state index contributed by atoms with van der Waals surface area (Å²) in [6.07, 6.45) is 5.67. The van der Waals surface area contributed by atoms with Crippen molar-refractivity contribution in [3.8, 4) is 0 Å². The Morgan fingerprint density at radius 2 is 2.00 bits per heavy atom. The van der Waals surface area contributed by atoms with Crippen molar-refractivity contribution >= 4 is 0 Å². The molecule has 96 valence electrons. The fourth-order valence-corrected chi connectivity index (χ4v) is 1.48. The third-order valence-corrected chi connectivity index (χ3v) is 2.39. The Morgan fingerprint density at radius 3 is 2.59 bits per heavy atom. The lowest BCUT2D eigenvalue weighted by Gasteiger charge is -2.07. The highest BCUT2D eigenvalue weighted by Crippen LogP contribution is 1.99. The van der Waals surface area contributed by atoms with E-state index in [1.165, 1.54) is 0 Å². The van der Waals surface area contributed by atoms with Crippen molar-refractivity contribution < 1.29 is 4.74 Å². The van der Waals surface area contributed by atoms with Gasteiger partial charge >= 0.3 is 0 Å². The molecule has 1 aromatic heterocycles. The molecule has 0 saturated carbocycles. The van der Waals surface area contributed by atoms with Crippen LogP contribution in [0.25, 0.3) is 0 Å². The van der Waals surface area contributed by atoms with Crippen LogP contribution >= 0.6 is 0 Å². The number of hydrogen-bond donors (Lipinski definition) is 1. The lowest BCUT2D eigenvalue weighted by molar-refractivity contribution is 0.194. The summed E-state index contributed by atoms with van der Waals surface area (Å²) >= 11 is 0. The van der Waals surface area contributed by atoms with Gasteiger partial charge in [0.2, 0.25) is 0 Å². The number of nitrogens with zero attached hydrogens (tertiary/aromatic N) is 2. The zero-order chi connectivity index (χ0) is 12.5. The standard InChI is InChI=1S/C13H23N3O/c1-11(2)7-14-8-12-9-15-13(16-10-12)5-4-6-17-3/h9-11,14H,4-8H2,1-3H3. The summed E-state index contributed by atoms with van der Waals surface area (Å²) in [6.45, 7) is 7.03. The van der Waals surface area contributed by atoms with Crippen LogP contribution in [0.1, 0.15) is 31.7 Å². The molecule has 0 atom stereocenters. The number of aryl methyl sites for hydroxylation is 1. The van der Waals surface area contributed by atoms with E-state index in [4.69, 9.17) is 4.74 Å². The minimum Gasteiger partial charge on any atom is -0.385 e. The predicted octanol–water partition coefficient (Wildman–Crippen LogP) is 1.80. The minimum absolute atomic E-state index is 0.671. The van der Waals surface area contributed by atoms with Crippen LogP contribution in [0.4, 0.5) is 0 Å². The van der Waals surface area contributed by atoms with Gasteiger partial charge in [-0.05, 0) is 18.9 Å². The van der Waals surface area contributed by atoms with Gasteiger partial charge in [0.1, 0.15) is 5.82 Å². The van der Waals surface area contributed by atoms with E-state index < -0.39 is 0 Å². The van der Waals surface area contributed by atoms with Crippen molar-refractivity contribution in [1.82, 2.24) is 15.3 Å². The molecule has 17 heavy (non-hydrogen) atoms. The number of rotatable bonds is 8. The molecule has 1 aromatic rings. The Bertz CT molecular complexity index is 298. The molecule has 4 nitrogen and oxygen atoms in total. The smallest absolute Gasteiger partial charge is 0.128 e. The first-order chi connectivity index (χ1) is 8.22. The van der Waals surface area contributed by atoms with Crippen molar-refractivity contribution in [2.75, 3.05) is 20.3 Å². The average Bonchev–Trinajstić information content (AvgIpc) is 2.31. The summed E-state index contributed by atoms with van der Waals surface area (Å²) in [5.74, 6) is 1.57. The molecule has 0 saturated heterocycles. The lowest BCUT2D eigenvalue weighted by atomic mass is 10.2. The molecule has 0 aromatic carbocycles. The van der Waals surface area contributed by atoms with E-state index in [2.05, 4.69) is 29.1 Å². The molecule has 1 N–H and O–H groups in total. The van der Waals surface area contributed by atoms with E-state index in [9.17, 15) is 0 Å². The van der Waals surface area contributed by atoms with Crippen molar-refractivity contribution in [1.29, 1.82) is 0 Å². The van der Waals surface area contributed by atoms with Gasteiger partial charge in [0.05, 0.1) is 0 Å². The van der Waals surface area contributed by atoms with E-state index in [0.29, 0.717) is 5.92 Å². The monoisotopic (exact) mass is 237 g/mol. The molecule has 0 bridgehead atoms. The summed E-state index contributed by atoms with van der Waals surface area (Å²) in [7, 11) is 1.71. The quantitative estimate of drug-likeness (QED) is 0.700. The molecule has 0 fully saturated rings. The first-order valence-corrected chi connectivity index (χ1v) is 6.22. The molecule has 0 aliphatic carbocycles. The SMILES string of the molecule is COCCCc1ncc(CNCC(C)C)cn1. The minimum atomic E-state index is 0.671. The molecule has 0 aliphatic heterocycles. The van der Waals surface area contributed by atoms with Crippen LogP contribution in [0.3, 0.4) is 0 Å². The van der Waals surface area contributed by atoms with Gasteiger partial charge in [0, 0.05) is 44.6 Å². The van der Waals surface area contributed by atoms with E-state index in [1.807, 2.05) is 12.4 Å². The topological polar surface area (TPSA) is 47.0 Å². The third-order valence-electron chi connectivity index (χ3n) is 2.39. The summed E-state index contributed by atoms with van der Waals surface area (Å²) in [5.41, 5.74) is 1.14. The molecule has 0 unspecified atom stereocenters. The molecule has 0 spiro atoms.